The number of aliphatic imine (C=N–C) groups is 1. The van der Waals surface area contributed by atoms with Crippen molar-refractivity contribution in [1.29, 1.82) is 0 Å². The molecule has 0 aliphatic rings. The van der Waals surface area contributed by atoms with Crippen molar-refractivity contribution in [2.45, 2.75) is 25.5 Å². The van der Waals surface area contributed by atoms with Crippen molar-refractivity contribution in [3.63, 3.8) is 0 Å². The summed E-state index contributed by atoms with van der Waals surface area (Å²) < 4.78 is 77.3. The van der Waals surface area contributed by atoms with Crippen LogP contribution in [0.25, 0.3) is 0 Å². The maximum Gasteiger partial charge on any atom is 0.573 e. The summed E-state index contributed by atoms with van der Waals surface area (Å²) in [6.45, 7) is 0.346. The van der Waals surface area contributed by atoms with Gasteiger partial charge in [-0.3, -0.25) is 0 Å². The first kappa shape index (κ1) is 24.3. The smallest absolute Gasteiger partial charge is 0.406 e. The fourth-order valence-electron chi connectivity index (χ4n) is 1.88. The van der Waals surface area contributed by atoms with Crippen LogP contribution in [0.1, 0.15) is 16.3 Å². The van der Waals surface area contributed by atoms with E-state index in [-0.39, 0.29) is 55.2 Å². The van der Waals surface area contributed by atoms with Crippen LogP contribution in [0.4, 0.5) is 26.3 Å². The van der Waals surface area contributed by atoms with Gasteiger partial charge in [0, 0.05) is 18.3 Å². The molecule has 1 heterocycles. The van der Waals surface area contributed by atoms with Crippen molar-refractivity contribution < 1.29 is 31.1 Å². The second-order valence-electron chi connectivity index (χ2n) is 5.19. The second kappa shape index (κ2) is 10.1. The van der Waals surface area contributed by atoms with E-state index in [0.717, 1.165) is 28.8 Å². The molecular formula is C15H15F6IN4OS. The molecule has 1 aromatic carbocycles. The third-order valence-corrected chi connectivity index (χ3v) is 3.98. The summed E-state index contributed by atoms with van der Waals surface area (Å²) in [6, 6.07) is 5.13. The SMILES string of the molecule is I.NC(=NCc1ccc(OC(F)(F)F)cc1)NCCc1nc(C(F)(F)F)cs1. The Morgan fingerprint density at radius 1 is 1.14 bits per heavy atom. The predicted molar refractivity (Wildman–Crippen MR) is 103 cm³/mol. The summed E-state index contributed by atoms with van der Waals surface area (Å²) in [5.74, 6) is -0.291. The van der Waals surface area contributed by atoms with E-state index in [1.165, 1.54) is 12.1 Å². The van der Waals surface area contributed by atoms with E-state index < -0.39 is 18.2 Å². The van der Waals surface area contributed by atoms with Gasteiger partial charge in [0.2, 0.25) is 0 Å². The van der Waals surface area contributed by atoms with Gasteiger partial charge in [-0.2, -0.15) is 13.2 Å². The number of halogens is 7. The van der Waals surface area contributed by atoms with Gasteiger partial charge in [0.15, 0.2) is 11.7 Å². The lowest BCUT2D eigenvalue weighted by Gasteiger charge is -2.09. The molecule has 0 radical (unpaired) electrons. The highest BCUT2D eigenvalue weighted by atomic mass is 127. The van der Waals surface area contributed by atoms with E-state index in [9.17, 15) is 26.3 Å². The predicted octanol–water partition coefficient (Wildman–Crippen LogP) is 4.33. The lowest BCUT2D eigenvalue weighted by atomic mass is 10.2. The van der Waals surface area contributed by atoms with Crippen LogP contribution in [0.5, 0.6) is 5.75 Å². The molecule has 5 nitrogen and oxygen atoms in total. The molecule has 2 aromatic rings. The maximum atomic E-state index is 12.4. The minimum absolute atomic E-state index is 0. The van der Waals surface area contributed by atoms with E-state index in [1.807, 2.05) is 0 Å². The number of thiazole rings is 1. The Morgan fingerprint density at radius 2 is 1.79 bits per heavy atom. The molecule has 1 aromatic heterocycles. The number of hydrogen-bond donors (Lipinski definition) is 2. The van der Waals surface area contributed by atoms with Gasteiger partial charge < -0.3 is 15.8 Å². The third kappa shape index (κ3) is 8.50. The normalized spacial score (nSPS) is 12.4. The standard InChI is InChI=1S/C15H14F6N4OS.HI/c16-14(17,18)11-8-27-12(25-11)5-6-23-13(22)24-7-9-1-3-10(4-2-9)26-15(19,20)21;/h1-4,8H,5-7H2,(H3,22,23,24);1H. The lowest BCUT2D eigenvalue weighted by Crippen LogP contribution is -2.33. The molecule has 0 saturated carbocycles. The Hall–Kier alpha value is -1.77. The summed E-state index contributed by atoms with van der Waals surface area (Å²) in [6.07, 6.45) is -8.99. The average molecular weight is 540 g/mol. The Balaban J connectivity index is 0.00000392. The summed E-state index contributed by atoms with van der Waals surface area (Å²) in [7, 11) is 0. The van der Waals surface area contributed by atoms with E-state index in [1.54, 1.807) is 0 Å². The Kier molecular flexibility index (Phi) is 8.78. The Morgan fingerprint density at radius 3 is 2.32 bits per heavy atom. The van der Waals surface area contributed by atoms with Gasteiger partial charge in [0.05, 0.1) is 11.6 Å². The molecule has 0 aliphatic carbocycles. The number of rotatable bonds is 6. The first-order valence-corrected chi connectivity index (χ1v) is 8.31. The minimum atomic E-state index is -4.76. The number of alkyl halides is 6. The topological polar surface area (TPSA) is 72.5 Å². The van der Waals surface area contributed by atoms with Crippen LogP contribution in [0, 0.1) is 0 Å². The molecule has 0 fully saturated rings. The van der Waals surface area contributed by atoms with Gasteiger partial charge in [-0.25, -0.2) is 9.98 Å². The van der Waals surface area contributed by atoms with E-state index in [4.69, 9.17) is 5.73 Å². The van der Waals surface area contributed by atoms with Crippen LogP contribution in [0.2, 0.25) is 0 Å². The zero-order chi connectivity index (χ0) is 20.1. The number of guanidine groups is 1. The number of nitrogens with zero attached hydrogens (tertiary/aromatic N) is 2. The van der Waals surface area contributed by atoms with Crippen molar-refractivity contribution in [2.75, 3.05) is 6.54 Å². The van der Waals surface area contributed by atoms with Crippen molar-refractivity contribution in [2.24, 2.45) is 10.7 Å². The van der Waals surface area contributed by atoms with Gasteiger partial charge >= 0.3 is 12.5 Å². The molecule has 28 heavy (non-hydrogen) atoms. The molecular weight excluding hydrogens is 525 g/mol. The van der Waals surface area contributed by atoms with Crippen LogP contribution in [-0.2, 0) is 19.1 Å². The van der Waals surface area contributed by atoms with Gasteiger partial charge in [-0.05, 0) is 17.7 Å². The van der Waals surface area contributed by atoms with Gasteiger partial charge in [-0.1, -0.05) is 12.1 Å². The molecule has 0 spiro atoms. The molecule has 156 valence electrons. The summed E-state index contributed by atoms with van der Waals surface area (Å²) in [4.78, 5) is 7.48. The zero-order valence-corrected chi connectivity index (χ0v) is 17.1. The molecule has 2 rings (SSSR count). The zero-order valence-electron chi connectivity index (χ0n) is 14.0. The van der Waals surface area contributed by atoms with E-state index >= 15 is 0 Å². The summed E-state index contributed by atoms with van der Waals surface area (Å²) in [5.41, 5.74) is 5.31. The molecule has 0 unspecified atom stereocenters. The van der Waals surface area contributed by atoms with Crippen molar-refractivity contribution in [3.05, 3.63) is 45.9 Å². The maximum absolute atomic E-state index is 12.4. The first-order valence-electron chi connectivity index (χ1n) is 7.43. The Labute approximate surface area is 177 Å². The second-order valence-corrected chi connectivity index (χ2v) is 6.14. The number of ether oxygens (including phenoxy) is 1. The molecule has 0 amide bonds. The summed E-state index contributed by atoms with van der Waals surface area (Å²) in [5, 5.41) is 3.98. The molecule has 0 saturated heterocycles. The highest BCUT2D eigenvalue weighted by molar-refractivity contribution is 14.0. The molecule has 3 N–H and O–H groups in total. The highest BCUT2D eigenvalue weighted by Gasteiger charge is 2.33. The number of hydrogen-bond acceptors (Lipinski definition) is 4. The van der Waals surface area contributed by atoms with Crippen LogP contribution in [-0.4, -0.2) is 23.9 Å². The fraction of sp³-hybridized carbons (Fsp3) is 0.333. The monoisotopic (exact) mass is 540 g/mol. The van der Waals surface area contributed by atoms with Crippen LogP contribution < -0.4 is 15.8 Å². The number of aromatic nitrogens is 1. The number of benzene rings is 1. The molecule has 0 aliphatic heterocycles. The van der Waals surface area contributed by atoms with Gasteiger partial charge in [-0.15, -0.1) is 48.5 Å². The van der Waals surface area contributed by atoms with Crippen molar-refractivity contribution in [3.8, 4) is 5.75 Å². The van der Waals surface area contributed by atoms with Crippen molar-refractivity contribution >= 4 is 41.3 Å². The largest absolute Gasteiger partial charge is 0.573 e. The van der Waals surface area contributed by atoms with Crippen LogP contribution >= 0.6 is 35.3 Å². The van der Waals surface area contributed by atoms with E-state index in [0.29, 0.717) is 10.6 Å². The molecule has 13 heteroatoms. The van der Waals surface area contributed by atoms with Gasteiger partial charge in [0.1, 0.15) is 5.75 Å². The van der Waals surface area contributed by atoms with E-state index in [2.05, 4.69) is 20.0 Å². The lowest BCUT2D eigenvalue weighted by molar-refractivity contribution is -0.274. The minimum Gasteiger partial charge on any atom is -0.406 e. The van der Waals surface area contributed by atoms with Crippen LogP contribution in [0.3, 0.4) is 0 Å². The third-order valence-electron chi connectivity index (χ3n) is 3.08. The highest BCUT2D eigenvalue weighted by Crippen LogP contribution is 2.30. The quantitative estimate of drug-likeness (QED) is 0.248. The number of nitrogens with one attached hydrogen (secondary N) is 1. The fourth-order valence-corrected chi connectivity index (χ4v) is 2.69. The molecule has 0 bridgehead atoms. The van der Waals surface area contributed by atoms with Crippen LogP contribution in [0.15, 0.2) is 34.6 Å². The summed E-state index contributed by atoms with van der Waals surface area (Å²) >= 11 is 0.900. The Bertz CT molecular complexity index is 776. The molecule has 0 atom stereocenters. The number of nitrogens with two attached hydrogens (primary N) is 1. The van der Waals surface area contributed by atoms with Gasteiger partial charge in [0.25, 0.3) is 0 Å². The van der Waals surface area contributed by atoms with Crippen molar-refractivity contribution in [1.82, 2.24) is 10.3 Å². The first-order chi connectivity index (χ1) is 12.5. The average Bonchev–Trinajstić information content (AvgIpc) is 3.02.